The van der Waals surface area contributed by atoms with Gasteiger partial charge in [0.25, 0.3) is 0 Å². The molecule has 0 spiro atoms. The first-order valence-corrected chi connectivity index (χ1v) is 7.61. The zero-order valence-corrected chi connectivity index (χ0v) is 10.3. The number of hydrogen-bond acceptors (Lipinski definition) is 3. The van der Waals surface area contributed by atoms with Crippen molar-refractivity contribution in [2.24, 2.45) is 11.8 Å². The first-order chi connectivity index (χ1) is 7.42. The van der Waals surface area contributed by atoms with Gasteiger partial charge in [-0.25, -0.2) is 0 Å². The van der Waals surface area contributed by atoms with Crippen LogP contribution in [0.15, 0.2) is 0 Å². The Morgan fingerprint density at radius 3 is 3.13 bits per heavy atom. The predicted octanol–water partition coefficient (Wildman–Crippen LogP) is 1.42. The van der Waals surface area contributed by atoms with Crippen LogP contribution in [0.4, 0.5) is 0 Å². The van der Waals surface area contributed by atoms with Crippen LogP contribution >= 0.6 is 11.8 Å². The summed E-state index contributed by atoms with van der Waals surface area (Å²) in [6, 6.07) is 0.860. The van der Waals surface area contributed by atoms with E-state index in [9.17, 15) is 0 Å². The maximum absolute atomic E-state index is 3.64. The molecule has 3 fully saturated rings. The second-order valence-corrected chi connectivity index (χ2v) is 6.54. The minimum atomic E-state index is 0.860. The van der Waals surface area contributed by atoms with E-state index < -0.39 is 0 Å². The molecule has 15 heavy (non-hydrogen) atoms. The minimum Gasteiger partial charge on any atom is -0.314 e. The van der Waals surface area contributed by atoms with Crippen molar-refractivity contribution in [2.75, 3.05) is 37.7 Å². The van der Waals surface area contributed by atoms with Gasteiger partial charge in [-0.15, -0.1) is 0 Å². The van der Waals surface area contributed by atoms with Crippen LogP contribution in [0, 0.1) is 11.8 Å². The molecule has 1 N–H and O–H groups in total. The lowest BCUT2D eigenvalue weighted by atomic mass is 9.92. The van der Waals surface area contributed by atoms with Gasteiger partial charge >= 0.3 is 0 Å². The zero-order chi connectivity index (χ0) is 10.1. The maximum atomic E-state index is 3.64. The van der Waals surface area contributed by atoms with Crippen LogP contribution in [0.2, 0.25) is 0 Å². The highest BCUT2D eigenvalue weighted by molar-refractivity contribution is 7.99. The number of fused-ring (bicyclic) bond motifs is 1. The smallest absolute Gasteiger partial charge is 0.0120 e. The van der Waals surface area contributed by atoms with Gasteiger partial charge < -0.3 is 10.2 Å². The Hall–Kier alpha value is 0.270. The molecule has 3 aliphatic rings. The molecule has 2 nitrogen and oxygen atoms in total. The van der Waals surface area contributed by atoms with Crippen LogP contribution in [0.25, 0.3) is 0 Å². The topological polar surface area (TPSA) is 15.3 Å². The fourth-order valence-corrected chi connectivity index (χ4v) is 4.65. The average molecular weight is 226 g/mol. The number of likely N-dealkylation sites (tertiary alicyclic amines) is 1. The van der Waals surface area contributed by atoms with Crippen molar-refractivity contribution in [3.63, 3.8) is 0 Å². The fraction of sp³-hybridized carbons (Fsp3) is 1.00. The van der Waals surface area contributed by atoms with Gasteiger partial charge in [0.05, 0.1) is 0 Å². The Balaban J connectivity index is 1.50. The van der Waals surface area contributed by atoms with Crippen LogP contribution in [-0.2, 0) is 0 Å². The quantitative estimate of drug-likeness (QED) is 0.767. The van der Waals surface area contributed by atoms with E-state index in [0.717, 1.165) is 17.9 Å². The van der Waals surface area contributed by atoms with Gasteiger partial charge in [-0.3, -0.25) is 0 Å². The maximum Gasteiger partial charge on any atom is 0.0120 e. The lowest BCUT2D eigenvalue weighted by Crippen LogP contribution is -2.45. The molecular formula is C12H22N2S. The van der Waals surface area contributed by atoms with Gasteiger partial charge in [0.1, 0.15) is 0 Å². The molecule has 0 amide bonds. The van der Waals surface area contributed by atoms with E-state index in [0.29, 0.717) is 0 Å². The summed E-state index contributed by atoms with van der Waals surface area (Å²) in [6.45, 7) is 5.37. The third-order valence-electron chi connectivity index (χ3n) is 4.28. The van der Waals surface area contributed by atoms with Crippen molar-refractivity contribution < 1.29 is 0 Å². The normalized spacial score (nSPS) is 42.0. The van der Waals surface area contributed by atoms with Gasteiger partial charge in [0.15, 0.2) is 0 Å². The molecule has 0 radical (unpaired) electrons. The average Bonchev–Trinajstić information content (AvgIpc) is 2.87. The molecule has 3 heteroatoms. The third-order valence-corrected chi connectivity index (χ3v) is 5.51. The predicted molar refractivity (Wildman–Crippen MR) is 66.4 cm³/mol. The van der Waals surface area contributed by atoms with Crippen molar-refractivity contribution in [3.8, 4) is 0 Å². The zero-order valence-electron chi connectivity index (χ0n) is 9.45. The molecule has 0 bridgehead atoms. The van der Waals surface area contributed by atoms with E-state index in [2.05, 4.69) is 22.0 Å². The molecule has 86 valence electrons. The lowest BCUT2D eigenvalue weighted by molar-refractivity contribution is 0.146. The van der Waals surface area contributed by atoms with E-state index in [4.69, 9.17) is 0 Å². The van der Waals surface area contributed by atoms with E-state index in [-0.39, 0.29) is 0 Å². The van der Waals surface area contributed by atoms with E-state index in [1.165, 1.54) is 56.9 Å². The molecular weight excluding hydrogens is 204 g/mol. The number of thioether (sulfide) groups is 1. The summed E-state index contributed by atoms with van der Waals surface area (Å²) in [5, 5.41) is 3.64. The highest BCUT2D eigenvalue weighted by atomic mass is 32.2. The Kier molecular flexibility index (Phi) is 3.23. The first-order valence-electron chi connectivity index (χ1n) is 6.45. The van der Waals surface area contributed by atoms with Gasteiger partial charge in [-0.2, -0.15) is 11.8 Å². The van der Waals surface area contributed by atoms with Gasteiger partial charge in [-0.05, 0) is 55.7 Å². The molecule has 3 heterocycles. The summed E-state index contributed by atoms with van der Waals surface area (Å²) in [6.07, 6.45) is 4.28. The highest BCUT2D eigenvalue weighted by Crippen LogP contribution is 2.28. The molecule has 3 unspecified atom stereocenters. The van der Waals surface area contributed by atoms with Crippen molar-refractivity contribution in [1.82, 2.24) is 10.2 Å². The van der Waals surface area contributed by atoms with Crippen molar-refractivity contribution in [1.29, 1.82) is 0 Å². The fourth-order valence-electron chi connectivity index (χ4n) is 3.38. The summed E-state index contributed by atoms with van der Waals surface area (Å²) < 4.78 is 0. The van der Waals surface area contributed by atoms with E-state index >= 15 is 0 Å². The monoisotopic (exact) mass is 226 g/mol. The van der Waals surface area contributed by atoms with Crippen molar-refractivity contribution >= 4 is 11.8 Å². The highest BCUT2D eigenvalue weighted by Gasteiger charge is 2.33. The number of piperidine rings is 1. The molecule has 3 saturated heterocycles. The summed E-state index contributed by atoms with van der Waals surface area (Å²) in [7, 11) is 0. The second kappa shape index (κ2) is 4.64. The van der Waals surface area contributed by atoms with Gasteiger partial charge in [0, 0.05) is 19.1 Å². The summed E-state index contributed by atoms with van der Waals surface area (Å²) >= 11 is 2.15. The van der Waals surface area contributed by atoms with E-state index in [1.807, 2.05) is 0 Å². The standard InChI is InChI=1S/C12H22N2S/c1-4-13-12-2-5-14(8-11(1)12)7-10-3-6-15-9-10/h10-13H,1-9H2. The minimum absolute atomic E-state index is 0.860. The number of nitrogens with one attached hydrogen (secondary N) is 1. The molecule has 0 aliphatic carbocycles. The van der Waals surface area contributed by atoms with Crippen LogP contribution in [0.1, 0.15) is 19.3 Å². The van der Waals surface area contributed by atoms with Crippen LogP contribution in [0.3, 0.4) is 0 Å². The Morgan fingerprint density at radius 1 is 1.27 bits per heavy atom. The van der Waals surface area contributed by atoms with Crippen LogP contribution in [-0.4, -0.2) is 48.6 Å². The first kappa shape index (κ1) is 10.4. The van der Waals surface area contributed by atoms with Gasteiger partial charge in [-0.1, -0.05) is 0 Å². The third kappa shape index (κ3) is 2.34. The van der Waals surface area contributed by atoms with Gasteiger partial charge in [0.2, 0.25) is 0 Å². The Labute approximate surface area is 97.2 Å². The molecule has 3 aliphatic heterocycles. The lowest BCUT2D eigenvalue weighted by Gasteiger charge is -2.36. The molecule has 0 aromatic rings. The summed E-state index contributed by atoms with van der Waals surface area (Å²) in [4.78, 5) is 2.74. The molecule has 0 aromatic carbocycles. The summed E-state index contributed by atoms with van der Waals surface area (Å²) in [5.74, 6) is 4.79. The molecule has 0 saturated carbocycles. The molecule has 3 atom stereocenters. The van der Waals surface area contributed by atoms with Crippen molar-refractivity contribution in [2.45, 2.75) is 25.3 Å². The number of rotatable bonds is 2. The van der Waals surface area contributed by atoms with E-state index in [1.54, 1.807) is 0 Å². The van der Waals surface area contributed by atoms with Crippen molar-refractivity contribution in [3.05, 3.63) is 0 Å². The molecule has 0 aromatic heterocycles. The van der Waals surface area contributed by atoms with Crippen LogP contribution in [0.5, 0.6) is 0 Å². The largest absolute Gasteiger partial charge is 0.314 e. The number of hydrogen-bond donors (Lipinski definition) is 1. The second-order valence-electron chi connectivity index (χ2n) is 5.39. The number of nitrogens with zero attached hydrogens (tertiary/aromatic N) is 1. The molecule has 3 rings (SSSR count). The Bertz CT molecular complexity index is 214. The summed E-state index contributed by atoms with van der Waals surface area (Å²) in [5.41, 5.74) is 0. The van der Waals surface area contributed by atoms with Crippen LogP contribution < -0.4 is 5.32 Å². The SMILES string of the molecule is C1CC2CN(CC3CCSC3)CCC2N1. The Morgan fingerprint density at radius 2 is 2.27 bits per heavy atom.